The molecule has 0 unspecified atom stereocenters. The van der Waals surface area contributed by atoms with Crippen LogP contribution in [0.2, 0.25) is 0 Å². The number of aromatic nitrogens is 1. The molecule has 0 aliphatic carbocycles. The molecule has 3 aromatic rings. The van der Waals surface area contributed by atoms with E-state index in [1.54, 1.807) is 28.0 Å². The summed E-state index contributed by atoms with van der Waals surface area (Å²) >= 11 is 3.34. The molecule has 5 heteroatoms. The standard InChI is InChI=1S/C18H18N2OS2/c1-3-22-15-10-6-4-8-13(15)18(21)20(2)12-17-19-14-9-5-7-11-16(14)23-17/h4-11H,3,12H2,1-2H3. The minimum absolute atomic E-state index is 0.0424. The van der Waals surface area contributed by atoms with Gasteiger partial charge in [0.1, 0.15) is 5.01 Å². The average Bonchev–Trinajstić information content (AvgIpc) is 2.97. The van der Waals surface area contributed by atoms with Gasteiger partial charge in [0.05, 0.1) is 22.3 Å². The summed E-state index contributed by atoms with van der Waals surface area (Å²) in [6.45, 7) is 2.63. The van der Waals surface area contributed by atoms with Gasteiger partial charge in [-0.2, -0.15) is 0 Å². The van der Waals surface area contributed by atoms with Crippen LogP contribution in [0, 0.1) is 0 Å². The van der Waals surface area contributed by atoms with E-state index in [-0.39, 0.29) is 5.91 Å². The van der Waals surface area contributed by atoms with E-state index in [0.29, 0.717) is 6.54 Å². The van der Waals surface area contributed by atoms with Gasteiger partial charge < -0.3 is 4.90 Å². The molecule has 23 heavy (non-hydrogen) atoms. The maximum absolute atomic E-state index is 12.7. The molecule has 3 rings (SSSR count). The highest BCUT2D eigenvalue weighted by atomic mass is 32.2. The number of hydrogen-bond acceptors (Lipinski definition) is 4. The highest BCUT2D eigenvalue weighted by Crippen LogP contribution is 2.25. The van der Waals surface area contributed by atoms with Crippen molar-refractivity contribution in [3.05, 3.63) is 59.1 Å². The molecule has 0 atom stereocenters. The van der Waals surface area contributed by atoms with Gasteiger partial charge in [-0.1, -0.05) is 31.2 Å². The molecule has 0 saturated carbocycles. The first-order valence-corrected chi connectivity index (χ1v) is 9.31. The van der Waals surface area contributed by atoms with Crippen LogP contribution in [0.3, 0.4) is 0 Å². The van der Waals surface area contributed by atoms with E-state index in [1.807, 2.05) is 49.5 Å². The van der Waals surface area contributed by atoms with Gasteiger partial charge in [-0.15, -0.1) is 23.1 Å². The predicted octanol–water partition coefficient (Wildman–Crippen LogP) is 4.68. The zero-order valence-electron chi connectivity index (χ0n) is 13.2. The molecular weight excluding hydrogens is 324 g/mol. The van der Waals surface area contributed by atoms with Crippen molar-refractivity contribution in [1.82, 2.24) is 9.88 Å². The molecule has 0 bridgehead atoms. The molecule has 0 spiro atoms. The second-order valence-corrected chi connectivity index (χ2v) is 7.59. The van der Waals surface area contributed by atoms with Gasteiger partial charge in [0.2, 0.25) is 0 Å². The van der Waals surface area contributed by atoms with E-state index in [1.165, 1.54) is 0 Å². The van der Waals surface area contributed by atoms with Gasteiger partial charge in [-0.3, -0.25) is 4.79 Å². The topological polar surface area (TPSA) is 33.2 Å². The number of carbonyl (C=O) groups is 1. The second-order valence-electron chi connectivity index (χ2n) is 5.17. The van der Waals surface area contributed by atoms with Crippen molar-refractivity contribution in [1.29, 1.82) is 0 Å². The normalized spacial score (nSPS) is 10.9. The lowest BCUT2D eigenvalue weighted by Crippen LogP contribution is -2.26. The summed E-state index contributed by atoms with van der Waals surface area (Å²) in [5.41, 5.74) is 1.76. The fourth-order valence-corrected chi connectivity index (χ4v) is 4.21. The molecule has 2 aromatic carbocycles. The van der Waals surface area contributed by atoms with Crippen LogP contribution in [0.15, 0.2) is 53.4 Å². The number of hydrogen-bond donors (Lipinski definition) is 0. The van der Waals surface area contributed by atoms with Gasteiger partial charge in [-0.05, 0) is 30.0 Å². The molecular formula is C18H18N2OS2. The fourth-order valence-electron chi connectivity index (χ4n) is 2.39. The molecule has 0 N–H and O–H groups in total. The fraction of sp³-hybridized carbons (Fsp3) is 0.222. The van der Waals surface area contributed by atoms with Crippen molar-refractivity contribution in [3.63, 3.8) is 0 Å². The van der Waals surface area contributed by atoms with E-state index in [4.69, 9.17) is 0 Å². The Hall–Kier alpha value is -1.85. The third-order valence-electron chi connectivity index (χ3n) is 3.47. The highest BCUT2D eigenvalue weighted by Gasteiger charge is 2.17. The lowest BCUT2D eigenvalue weighted by atomic mass is 10.2. The highest BCUT2D eigenvalue weighted by molar-refractivity contribution is 7.99. The summed E-state index contributed by atoms with van der Waals surface area (Å²) in [6, 6.07) is 15.9. The largest absolute Gasteiger partial charge is 0.335 e. The van der Waals surface area contributed by atoms with Crippen LogP contribution in [0.1, 0.15) is 22.3 Å². The zero-order valence-corrected chi connectivity index (χ0v) is 14.8. The molecule has 3 nitrogen and oxygen atoms in total. The van der Waals surface area contributed by atoms with Crippen LogP contribution >= 0.6 is 23.1 Å². The summed E-state index contributed by atoms with van der Waals surface area (Å²) in [5.74, 6) is 0.993. The molecule has 0 radical (unpaired) electrons. The number of fused-ring (bicyclic) bond motifs is 1. The van der Waals surface area contributed by atoms with E-state index < -0.39 is 0 Å². The van der Waals surface area contributed by atoms with Crippen LogP contribution in [0.5, 0.6) is 0 Å². The Kier molecular flexibility index (Phi) is 4.98. The number of para-hydroxylation sites is 1. The summed E-state index contributed by atoms with van der Waals surface area (Å²) in [6.07, 6.45) is 0. The van der Waals surface area contributed by atoms with Crippen LogP contribution in [0.25, 0.3) is 10.2 Å². The maximum Gasteiger partial charge on any atom is 0.255 e. The Morgan fingerprint density at radius 1 is 1.17 bits per heavy atom. The Balaban J connectivity index is 1.80. The van der Waals surface area contributed by atoms with Gasteiger partial charge in [0, 0.05) is 11.9 Å². The smallest absolute Gasteiger partial charge is 0.255 e. The minimum atomic E-state index is 0.0424. The third-order valence-corrected chi connectivity index (χ3v) is 5.45. The van der Waals surface area contributed by atoms with Crippen molar-refractivity contribution in [2.75, 3.05) is 12.8 Å². The van der Waals surface area contributed by atoms with Crippen molar-refractivity contribution < 1.29 is 4.79 Å². The first kappa shape index (κ1) is 16.0. The molecule has 1 aromatic heterocycles. The van der Waals surface area contributed by atoms with E-state index in [9.17, 15) is 4.79 Å². The third kappa shape index (κ3) is 3.57. The van der Waals surface area contributed by atoms with E-state index in [2.05, 4.69) is 18.0 Å². The maximum atomic E-state index is 12.7. The number of thiazole rings is 1. The number of thioether (sulfide) groups is 1. The molecule has 118 valence electrons. The summed E-state index contributed by atoms with van der Waals surface area (Å²) in [4.78, 5) is 20.1. The average molecular weight is 342 g/mol. The van der Waals surface area contributed by atoms with E-state index in [0.717, 1.165) is 31.4 Å². The molecule has 1 amide bonds. The number of rotatable bonds is 5. The van der Waals surface area contributed by atoms with Crippen LogP contribution in [-0.2, 0) is 6.54 Å². The van der Waals surface area contributed by atoms with Gasteiger partial charge in [-0.25, -0.2) is 4.98 Å². The summed E-state index contributed by atoms with van der Waals surface area (Å²) < 4.78 is 1.16. The Morgan fingerprint density at radius 2 is 1.91 bits per heavy atom. The summed E-state index contributed by atoms with van der Waals surface area (Å²) in [5, 5.41) is 0.961. The van der Waals surface area contributed by atoms with Crippen molar-refractivity contribution in [3.8, 4) is 0 Å². The van der Waals surface area contributed by atoms with Crippen molar-refractivity contribution in [2.24, 2.45) is 0 Å². The van der Waals surface area contributed by atoms with Crippen molar-refractivity contribution >= 4 is 39.2 Å². The molecule has 0 fully saturated rings. The van der Waals surface area contributed by atoms with Crippen LogP contribution < -0.4 is 0 Å². The minimum Gasteiger partial charge on any atom is -0.335 e. The summed E-state index contributed by atoms with van der Waals surface area (Å²) in [7, 11) is 1.84. The Labute approximate surface area is 144 Å². The van der Waals surface area contributed by atoms with Gasteiger partial charge >= 0.3 is 0 Å². The van der Waals surface area contributed by atoms with Crippen LogP contribution in [-0.4, -0.2) is 28.6 Å². The van der Waals surface area contributed by atoms with Gasteiger partial charge in [0.25, 0.3) is 5.91 Å². The SMILES string of the molecule is CCSc1ccccc1C(=O)N(C)Cc1nc2ccccc2s1. The van der Waals surface area contributed by atoms with E-state index >= 15 is 0 Å². The quantitative estimate of drug-likeness (QED) is 0.631. The van der Waals surface area contributed by atoms with Gasteiger partial charge in [0.15, 0.2) is 0 Å². The molecule has 0 aliphatic rings. The molecule has 0 saturated heterocycles. The first-order valence-electron chi connectivity index (χ1n) is 7.50. The van der Waals surface area contributed by atoms with Crippen LogP contribution in [0.4, 0.5) is 0 Å². The Bertz CT molecular complexity index is 796. The lowest BCUT2D eigenvalue weighted by Gasteiger charge is -2.17. The van der Waals surface area contributed by atoms with Crippen molar-refractivity contribution in [2.45, 2.75) is 18.4 Å². The number of nitrogens with zero attached hydrogens (tertiary/aromatic N) is 2. The number of amides is 1. The second kappa shape index (κ2) is 7.15. The number of benzene rings is 2. The first-order chi connectivity index (χ1) is 11.2. The lowest BCUT2D eigenvalue weighted by molar-refractivity contribution is 0.0781. The monoisotopic (exact) mass is 342 g/mol. The predicted molar refractivity (Wildman–Crippen MR) is 98.3 cm³/mol. The molecule has 0 aliphatic heterocycles. The molecule has 1 heterocycles. The Morgan fingerprint density at radius 3 is 2.70 bits per heavy atom. The number of carbonyl (C=O) groups excluding carboxylic acids is 1. The zero-order chi connectivity index (χ0) is 16.2.